The van der Waals surface area contributed by atoms with Crippen LogP contribution in [-0.4, -0.2) is 97.5 Å². The highest BCUT2D eigenvalue weighted by atomic mass is 32.3. The quantitative estimate of drug-likeness (QED) is 0.0196. The second kappa shape index (κ2) is 50.6. The van der Waals surface area contributed by atoms with Crippen molar-refractivity contribution in [2.24, 2.45) is 0 Å². The summed E-state index contributed by atoms with van der Waals surface area (Å²) in [4.78, 5) is 12.9. The minimum Gasteiger partial charge on any atom is -0.457 e. The Labute approximate surface area is 449 Å². The topological polar surface area (TPSA) is 178 Å². The van der Waals surface area contributed by atoms with E-state index in [4.69, 9.17) is 18.9 Å². The predicted octanol–water partition coefficient (Wildman–Crippen LogP) is 14.3. The van der Waals surface area contributed by atoms with E-state index in [2.05, 4.69) is 127 Å². The fourth-order valence-corrected chi connectivity index (χ4v) is 8.60. The molecule has 424 valence electrons. The molecule has 12 nitrogen and oxygen atoms in total. The highest BCUT2D eigenvalue weighted by Gasteiger charge is 2.48. The van der Waals surface area contributed by atoms with Gasteiger partial charge < -0.3 is 34.3 Å². The third kappa shape index (κ3) is 42.9. The van der Waals surface area contributed by atoms with E-state index in [-0.39, 0.29) is 19.6 Å². The average molecular weight is 1060 g/mol. The second-order valence-corrected chi connectivity index (χ2v) is 20.2. The lowest BCUT2D eigenvalue weighted by Crippen LogP contribution is -2.60. The van der Waals surface area contributed by atoms with Gasteiger partial charge in [0.15, 0.2) is 6.29 Å². The monoisotopic (exact) mass is 1060 g/mol. The molecule has 1 saturated heterocycles. The normalized spacial score (nSPS) is 19.6. The van der Waals surface area contributed by atoms with Gasteiger partial charge in [0.25, 0.3) is 0 Å². The van der Waals surface area contributed by atoms with Crippen LogP contribution < -0.4 is 0 Å². The van der Waals surface area contributed by atoms with E-state index in [0.29, 0.717) is 13.0 Å². The van der Waals surface area contributed by atoms with E-state index < -0.39 is 59.8 Å². The second-order valence-electron chi connectivity index (χ2n) is 19.1. The highest BCUT2D eigenvalue weighted by Crippen LogP contribution is 2.26. The lowest BCUT2D eigenvalue weighted by atomic mass is 9.99. The zero-order chi connectivity index (χ0) is 53.8. The van der Waals surface area contributed by atoms with Crippen molar-refractivity contribution in [3.8, 4) is 0 Å². The highest BCUT2D eigenvalue weighted by molar-refractivity contribution is 7.80. The van der Waals surface area contributed by atoms with Gasteiger partial charge in [-0.1, -0.05) is 207 Å². The van der Waals surface area contributed by atoms with Gasteiger partial charge in [-0.2, -0.15) is 8.42 Å². The number of aliphatic hydroxyl groups is 3. The number of hydrogen-bond acceptors (Lipinski definition) is 11. The number of carbonyl (C=O) groups excluding carboxylic acids is 1. The molecule has 1 heterocycles. The van der Waals surface area contributed by atoms with Gasteiger partial charge in [0.2, 0.25) is 0 Å². The van der Waals surface area contributed by atoms with Crippen LogP contribution in [0.3, 0.4) is 0 Å². The van der Waals surface area contributed by atoms with E-state index in [9.17, 15) is 33.1 Å². The van der Waals surface area contributed by atoms with Crippen molar-refractivity contribution in [1.29, 1.82) is 0 Å². The van der Waals surface area contributed by atoms with E-state index in [0.717, 1.165) is 89.9 Å². The molecule has 0 aromatic carbocycles. The van der Waals surface area contributed by atoms with Crippen molar-refractivity contribution in [3.63, 3.8) is 0 Å². The Balaban J connectivity index is 2.35. The molecule has 4 N–H and O–H groups in total. The Hall–Kier alpha value is -3.24. The minimum absolute atomic E-state index is 0.00910. The van der Waals surface area contributed by atoms with E-state index in [1.165, 1.54) is 89.9 Å². The van der Waals surface area contributed by atoms with Gasteiger partial charge in [0.1, 0.15) is 30.5 Å². The van der Waals surface area contributed by atoms with Crippen LogP contribution in [0, 0.1) is 0 Å². The summed E-state index contributed by atoms with van der Waals surface area (Å²) in [5.41, 5.74) is 0. The molecule has 0 amide bonds. The van der Waals surface area contributed by atoms with Crippen LogP contribution in [0.1, 0.15) is 206 Å². The summed E-state index contributed by atoms with van der Waals surface area (Å²) < 4.78 is 59.4. The first-order valence-electron chi connectivity index (χ1n) is 28.6. The largest absolute Gasteiger partial charge is 0.457 e. The number of carbonyl (C=O) groups is 1. The number of rotatable bonds is 49. The summed E-state index contributed by atoms with van der Waals surface area (Å²) in [6.45, 7) is 3.80. The van der Waals surface area contributed by atoms with Crippen LogP contribution in [0.15, 0.2) is 109 Å². The summed E-state index contributed by atoms with van der Waals surface area (Å²) in [5.74, 6) is -0.445. The molecule has 6 atom stereocenters. The molecule has 1 aliphatic heterocycles. The zero-order valence-corrected chi connectivity index (χ0v) is 46.7. The molecule has 6 unspecified atom stereocenters. The van der Waals surface area contributed by atoms with Crippen LogP contribution in [-0.2, 0) is 38.3 Å². The Morgan fingerprint density at radius 2 is 0.932 bits per heavy atom. The van der Waals surface area contributed by atoms with Crippen LogP contribution in [0.2, 0.25) is 0 Å². The molecule has 13 heteroatoms. The summed E-state index contributed by atoms with van der Waals surface area (Å²) in [7, 11) is -5.08. The first-order valence-corrected chi connectivity index (χ1v) is 30.0. The maximum Gasteiger partial charge on any atom is 0.397 e. The number of hydrogen-bond donors (Lipinski definition) is 4. The predicted molar refractivity (Wildman–Crippen MR) is 303 cm³/mol. The Morgan fingerprint density at radius 3 is 1.36 bits per heavy atom. The molecule has 0 radical (unpaired) electrons. The van der Waals surface area contributed by atoms with Crippen LogP contribution >= 0.6 is 0 Å². The van der Waals surface area contributed by atoms with Crippen LogP contribution in [0.25, 0.3) is 0 Å². The van der Waals surface area contributed by atoms with Crippen molar-refractivity contribution in [2.75, 3.05) is 26.4 Å². The number of esters is 1. The molecular weight excluding hydrogens is 957 g/mol. The van der Waals surface area contributed by atoms with E-state index in [1.54, 1.807) is 0 Å². The van der Waals surface area contributed by atoms with E-state index >= 15 is 0 Å². The lowest BCUT2D eigenvalue weighted by Gasteiger charge is -2.41. The maximum absolute atomic E-state index is 12.9. The average Bonchev–Trinajstić information content (AvgIpc) is 3.38. The zero-order valence-electron chi connectivity index (χ0n) is 45.9. The van der Waals surface area contributed by atoms with Crippen LogP contribution in [0.5, 0.6) is 0 Å². The molecule has 0 spiro atoms. The molecule has 1 aliphatic rings. The lowest BCUT2D eigenvalue weighted by molar-refractivity contribution is -0.301. The Morgan fingerprint density at radius 1 is 0.527 bits per heavy atom. The molecule has 1 rings (SSSR count). The SMILES string of the molecule is CC/C=C\C/C=C\C/C=C\C/C=C\C/C=C\C/C=C\CCCCC(=O)OC(COCCCCCCCCCCCCC/C=C\C/C=C\C/C=C\CCCCCCC)COC1OC(CO)C(O)C(OS(=O)(=O)O)C1O. The molecule has 1 fully saturated rings. The fourth-order valence-electron chi connectivity index (χ4n) is 8.09. The smallest absolute Gasteiger partial charge is 0.397 e. The first-order chi connectivity index (χ1) is 36.1. The van der Waals surface area contributed by atoms with Gasteiger partial charge in [0.05, 0.1) is 19.8 Å². The van der Waals surface area contributed by atoms with Crippen molar-refractivity contribution in [1.82, 2.24) is 0 Å². The third-order valence-electron chi connectivity index (χ3n) is 12.4. The Kier molecular flexibility index (Phi) is 47.0. The standard InChI is InChI=1S/C61H102O12S/c1-3-5-7-9-11-13-15-17-19-21-23-25-26-27-28-29-31-33-35-37-39-41-43-45-47-49-51-69-53-55(54-70-61-59(65)60(73-74(66,67)68)58(64)56(52-62)72-61)71-57(63)50-48-46-44-42-40-38-36-34-32-30-24-22-20-18-16-14-12-10-8-6-4-2/h6,8,12,14-15,17-18,20-21,23-24,26-27,30,34,36,40,42,55-56,58-62,64-65H,3-5,7,9-11,13,16,19,22,25,28-29,31-33,35,37-39,41,43-54H2,1-2H3,(H,66,67,68)/b8-6-,14-12-,17-15-,20-18-,23-21-,27-26-,30-24-,36-34-,42-40-. The van der Waals surface area contributed by atoms with Gasteiger partial charge in [-0.25, -0.2) is 4.18 Å². The van der Waals surface area contributed by atoms with Gasteiger partial charge in [-0.15, -0.1) is 0 Å². The van der Waals surface area contributed by atoms with Crippen LogP contribution in [0.4, 0.5) is 0 Å². The summed E-state index contributed by atoms with van der Waals surface area (Å²) in [5, 5.41) is 30.8. The van der Waals surface area contributed by atoms with Crippen molar-refractivity contribution in [2.45, 2.75) is 243 Å². The Bertz CT molecular complexity index is 1700. The van der Waals surface area contributed by atoms with Gasteiger partial charge in [0, 0.05) is 13.0 Å². The first kappa shape index (κ1) is 68.8. The molecule has 0 aliphatic carbocycles. The van der Waals surface area contributed by atoms with Gasteiger partial charge in [-0.05, 0) is 103 Å². The molecule has 74 heavy (non-hydrogen) atoms. The summed E-state index contributed by atoms with van der Waals surface area (Å²) in [6, 6.07) is 0. The molecule has 0 aromatic heterocycles. The minimum atomic E-state index is -5.08. The number of allylic oxidation sites excluding steroid dienone is 18. The summed E-state index contributed by atoms with van der Waals surface area (Å²) in [6.07, 6.45) is 62.7. The summed E-state index contributed by atoms with van der Waals surface area (Å²) >= 11 is 0. The molecule has 0 bridgehead atoms. The van der Waals surface area contributed by atoms with Gasteiger partial charge >= 0.3 is 16.4 Å². The van der Waals surface area contributed by atoms with Gasteiger partial charge in [-0.3, -0.25) is 9.35 Å². The number of unbranched alkanes of at least 4 members (excludes halogenated alkanes) is 18. The van der Waals surface area contributed by atoms with Crippen molar-refractivity contribution in [3.05, 3.63) is 109 Å². The molecular formula is C61H102O12S. The maximum atomic E-state index is 12.9. The van der Waals surface area contributed by atoms with E-state index in [1.807, 2.05) is 0 Å². The van der Waals surface area contributed by atoms with Crippen molar-refractivity contribution < 1.29 is 56.2 Å². The van der Waals surface area contributed by atoms with Crippen molar-refractivity contribution >= 4 is 16.4 Å². The fraction of sp³-hybridized carbons (Fsp3) is 0.689. The molecule has 0 saturated carbocycles. The number of ether oxygens (including phenoxy) is 4. The third-order valence-corrected chi connectivity index (χ3v) is 12.8. The number of aliphatic hydroxyl groups excluding tert-OH is 3. The molecule has 0 aromatic rings.